The average Bonchev–Trinajstić information content (AvgIpc) is 2.55. The van der Waals surface area contributed by atoms with E-state index < -0.39 is 5.92 Å². The van der Waals surface area contributed by atoms with Crippen LogP contribution in [-0.2, 0) is 0 Å². The van der Waals surface area contributed by atoms with E-state index in [0.29, 0.717) is 11.1 Å². The molecule has 0 radical (unpaired) electrons. The van der Waals surface area contributed by atoms with Crippen molar-refractivity contribution in [2.24, 2.45) is 5.92 Å². The van der Waals surface area contributed by atoms with Crippen LogP contribution in [0.25, 0.3) is 0 Å². The van der Waals surface area contributed by atoms with Gasteiger partial charge in [-0.25, -0.2) is 0 Å². The molecular formula is C19H17NO2. The minimum absolute atomic E-state index is 0.0676. The largest absolute Gasteiger partial charge is 0.294 e. The molecule has 1 atom stereocenters. The fourth-order valence-electron chi connectivity index (χ4n) is 2.21. The quantitative estimate of drug-likeness (QED) is 0.756. The molecule has 1 unspecified atom stereocenters. The van der Waals surface area contributed by atoms with Gasteiger partial charge in [0, 0.05) is 24.0 Å². The van der Waals surface area contributed by atoms with Crippen molar-refractivity contribution in [3.8, 4) is 6.07 Å². The van der Waals surface area contributed by atoms with Crippen molar-refractivity contribution in [3.05, 3.63) is 71.3 Å². The number of benzene rings is 2. The molecule has 2 aromatic rings. The Morgan fingerprint density at radius 1 is 0.909 bits per heavy atom. The summed E-state index contributed by atoms with van der Waals surface area (Å²) in [5.41, 5.74) is 2.23. The smallest absolute Gasteiger partial charge is 0.164 e. The van der Waals surface area contributed by atoms with Crippen molar-refractivity contribution >= 4 is 11.6 Å². The minimum atomic E-state index is -0.596. The fourth-order valence-corrected chi connectivity index (χ4v) is 2.21. The molecule has 0 aromatic heterocycles. The van der Waals surface area contributed by atoms with Crippen molar-refractivity contribution < 1.29 is 9.59 Å². The van der Waals surface area contributed by atoms with Crippen LogP contribution < -0.4 is 0 Å². The van der Waals surface area contributed by atoms with E-state index in [9.17, 15) is 14.9 Å². The lowest BCUT2D eigenvalue weighted by Crippen LogP contribution is -2.12. The highest BCUT2D eigenvalue weighted by atomic mass is 16.1. The minimum Gasteiger partial charge on any atom is -0.294 e. The molecule has 0 fully saturated rings. The lowest BCUT2D eigenvalue weighted by Gasteiger charge is -2.08. The predicted octanol–water partition coefficient (Wildman–Crippen LogP) is 3.98. The predicted molar refractivity (Wildman–Crippen MR) is 84.6 cm³/mol. The van der Waals surface area contributed by atoms with Crippen LogP contribution in [0.1, 0.15) is 39.1 Å². The number of carbonyl (C=O) groups excluding carboxylic acids is 2. The Kier molecular flexibility index (Phi) is 5.21. The number of hydrogen-bond acceptors (Lipinski definition) is 3. The van der Waals surface area contributed by atoms with E-state index in [1.54, 1.807) is 36.4 Å². The second-order valence-electron chi connectivity index (χ2n) is 5.31. The number of rotatable bonds is 6. The summed E-state index contributed by atoms with van der Waals surface area (Å²) >= 11 is 0. The Balaban J connectivity index is 2.00. The van der Waals surface area contributed by atoms with E-state index in [0.717, 1.165) is 5.56 Å². The van der Waals surface area contributed by atoms with Crippen molar-refractivity contribution in [1.29, 1.82) is 5.26 Å². The lowest BCUT2D eigenvalue weighted by molar-refractivity contribution is 0.0938. The highest BCUT2D eigenvalue weighted by molar-refractivity contribution is 5.99. The van der Waals surface area contributed by atoms with Gasteiger partial charge in [-0.15, -0.1) is 0 Å². The molecule has 0 saturated heterocycles. The van der Waals surface area contributed by atoms with Gasteiger partial charge in [-0.1, -0.05) is 60.2 Å². The third-order valence-corrected chi connectivity index (χ3v) is 3.52. The van der Waals surface area contributed by atoms with Crippen molar-refractivity contribution in [2.45, 2.75) is 19.8 Å². The molecule has 110 valence electrons. The van der Waals surface area contributed by atoms with Gasteiger partial charge in [-0.3, -0.25) is 9.59 Å². The van der Waals surface area contributed by atoms with Crippen LogP contribution in [0.2, 0.25) is 0 Å². The maximum atomic E-state index is 12.2. The molecule has 0 amide bonds. The molecule has 0 heterocycles. The molecule has 2 aromatic carbocycles. The van der Waals surface area contributed by atoms with Gasteiger partial charge in [-0.2, -0.15) is 5.26 Å². The monoisotopic (exact) mass is 291 g/mol. The second kappa shape index (κ2) is 7.33. The Morgan fingerprint density at radius 2 is 1.41 bits per heavy atom. The highest BCUT2D eigenvalue weighted by Gasteiger charge is 2.19. The fraction of sp³-hybridized carbons (Fsp3) is 0.211. The summed E-state index contributed by atoms with van der Waals surface area (Å²) in [5.74, 6) is -0.808. The Morgan fingerprint density at radius 3 is 1.91 bits per heavy atom. The lowest BCUT2D eigenvalue weighted by atomic mass is 9.92. The van der Waals surface area contributed by atoms with Gasteiger partial charge >= 0.3 is 0 Å². The van der Waals surface area contributed by atoms with Crippen LogP contribution in [0.5, 0.6) is 0 Å². The van der Waals surface area contributed by atoms with Gasteiger partial charge in [-0.05, 0) is 6.92 Å². The number of carbonyl (C=O) groups is 2. The molecule has 0 aliphatic carbocycles. The van der Waals surface area contributed by atoms with E-state index in [2.05, 4.69) is 6.07 Å². The molecule has 0 saturated carbocycles. The van der Waals surface area contributed by atoms with Crippen LogP contribution in [-0.4, -0.2) is 11.6 Å². The topological polar surface area (TPSA) is 57.9 Å². The first-order valence-electron chi connectivity index (χ1n) is 7.18. The van der Waals surface area contributed by atoms with Gasteiger partial charge in [0.2, 0.25) is 0 Å². The summed E-state index contributed by atoms with van der Waals surface area (Å²) in [4.78, 5) is 24.3. The summed E-state index contributed by atoms with van der Waals surface area (Å²) < 4.78 is 0. The molecular weight excluding hydrogens is 274 g/mol. The van der Waals surface area contributed by atoms with Crippen LogP contribution >= 0.6 is 0 Å². The molecule has 0 bridgehead atoms. The van der Waals surface area contributed by atoms with Crippen molar-refractivity contribution in [2.75, 3.05) is 0 Å². The molecule has 3 nitrogen and oxygen atoms in total. The van der Waals surface area contributed by atoms with Crippen LogP contribution in [0, 0.1) is 24.2 Å². The van der Waals surface area contributed by atoms with E-state index in [4.69, 9.17) is 0 Å². The van der Waals surface area contributed by atoms with Gasteiger partial charge in [0.05, 0.1) is 12.0 Å². The van der Waals surface area contributed by atoms with Crippen LogP contribution in [0.4, 0.5) is 0 Å². The van der Waals surface area contributed by atoms with E-state index in [1.807, 2.05) is 25.1 Å². The Hall–Kier alpha value is -2.73. The number of aryl methyl sites for hydroxylation is 1. The zero-order valence-corrected chi connectivity index (χ0v) is 12.5. The first-order valence-corrected chi connectivity index (χ1v) is 7.18. The summed E-state index contributed by atoms with van der Waals surface area (Å²) in [6, 6.07) is 18.2. The molecule has 2 rings (SSSR count). The second-order valence-corrected chi connectivity index (χ2v) is 5.31. The van der Waals surface area contributed by atoms with Crippen molar-refractivity contribution in [3.63, 3.8) is 0 Å². The third-order valence-electron chi connectivity index (χ3n) is 3.52. The molecule has 22 heavy (non-hydrogen) atoms. The number of hydrogen-bond donors (Lipinski definition) is 0. The van der Waals surface area contributed by atoms with Gasteiger partial charge in [0.15, 0.2) is 11.6 Å². The highest BCUT2D eigenvalue weighted by Crippen LogP contribution is 2.16. The first-order chi connectivity index (χ1) is 10.6. The zero-order valence-electron chi connectivity index (χ0n) is 12.5. The zero-order chi connectivity index (χ0) is 15.9. The first kappa shape index (κ1) is 15.7. The average molecular weight is 291 g/mol. The number of ketones is 2. The molecule has 0 aliphatic rings. The van der Waals surface area contributed by atoms with E-state index >= 15 is 0 Å². The standard InChI is InChI=1S/C19H17NO2/c1-14-7-9-17(10-8-14)19(22)12-15(13-20)11-18(21)16-5-3-2-4-6-16/h2-10,15H,11-12H2,1H3. The van der Waals surface area contributed by atoms with Gasteiger partial charge in [0.1, 0.15) is 0 Å². The Labute approximate surface area is 130 Å². The number of nitriles is 1. The van der Waals surface area contributed by atoms with Crippen LogP contribution in [0.15, 0.2) is 54.6 Å². The number of nitrogens with zero attached hydrogens (tertiary/aromatic N) is 1. The number of Topliss-reactive ketones (excluding diaryl/α,β-unsaturated/α-hetero) is 2. The van der Waals surface area contributed by atoms with Crippen molar-refractivity contribution in [1.82, 2.24) is 0 Å². The van der Waals surface area contributed by atoms with E-state index in [-0.39, 0.29) is 24.4 Å². The summed E-state index contributed by atoms with van der Waals surface area (Å²) in [7, 11) is 0. The summed E-state index contributed by atoms with van der Waals surface area (Å²) in [6.07, 6.45) is 0.135. The Bertz CT molecular complexity index is 696. The van der Waals surface area contributed by atoms with Gasteiger partial charge in [0.25, 0.3) is 0 Å². The third kappa shape index (κ3) is 4.13. The maximum Gasteiger partial charge on any atom is 0.164 e. The van der Waals surface area contributed by atoms with Crippen LogP contribution in [0.3, 0.4) is 0 Å². The molecule has 0 aliphatic heterocycles. The molecule has 3 heteroatoms. The normalized spacial score (nSPS) is 11.5. The SMILES string of the molecule is Cc1ccc(C(=O)CC(C#N)CC(=O)c2ccccc2)cc1. The van der Waals surface area contributed by atoms with Gasteiger partial charge < -0.3 is 0 Å². The molecule has 0 N–H and O–H groups in total. The molecule has 0 spiro atoms. The van der Waals surface area contributed by atoms with E-state index in [1.165, 1.54) is 0 Å². The maximum absolute atomic E-state index is 12.2. The summed E-state index contributed by atoms with van der Waals surface area (Å²) in [6.45, 7) is 1.95. The summed E-state index contributed by atoms with van der Waals surface area (Å²) in [5, 5.41) is 9.21.